The van der Waals surface area contributed by atoms with Crippen LogP contribution in [0.2, 0.25) is 0 Å². The lowest BCUT2D eigenvalue weighted by atomic mass is 9.99. The maximum atomic E-state index is 13.8. The first-order valence-electron chi connectivity index (χ1n) is 12.9. The molecule has 0 aliphatic carbocycles. The number of carbonyl (C=O) groups excluding carboxylic acids is 1. The third-order valence-corrected chi connectivity index (χ3v) is 6.78. The van der Waals surface area contributed by atoms with Gasteiger partial charge < -0.3 is 9.84 Å². The highest BCUT2D eigenvalue weighted by Gasteiger charge is 2.19. The van der Waals surface area contributed by atoms with E-state index in [-0.39, 0.29) is 12.3 Å². The fourth-order valence-corrected chi connectivity index (χ4v) is 4.78. The Labute approximate surface area is 218 Å². The third kappa shape index (κ3) is 6.29. The summed E-state index contributed by atoms with van der Waals surface area (Å²) in [6.45, 7) is 8.78. The number of hydrogen-bond donors (Lipinski definition) is 1. The molecule has 5 nitrogen and oxygen atoms in total. The van der Waals surface area contributed by atoms with Gasteiger partial charge in [-0.3, -0.25) is 14.2 Å². The smallest absolute Gasteiger partial charge is 0.303 e. The Hall–Kier alpha value is -3.86. The van der Waals surface area contributed by atoms with E-state index in [9.17, 15) is 9.59 Å². The van der Waals surface area contributed by atoms with Crippen LogP contribution in [0.3, 0.4) is 0 Å². The average molecular weight is 498 g/mol. The molecule has 0 aliphatic rings. The van der Waals surface area contributed by atoms with Crippen molar-refractivity contribution in [1.82, 2.24) is 4.57 Å². The number of carboxylic acid groups (broad SMARTS) is 1. The fraction of sp³-hybridized carbons (Fsp3) is 0.312. The van der Waals surface area contributed by atoms with E-state index >= 15 is 0 Å². The number of benzene rings is 3. The van der Waals surface area contributed by atoms with E-state index in [1.807, 2.05) is 62.5 Å². The number of nitrogens with zero attached hydrogens (tertiary/aromatic N) is 1. The number of fused-ring (bicyclic) bond motifs is 1. The summed E-state index contributed by atoms with van der Waals surface area (Å²) in [6.07, 6.45) is 4.15. The molecular formula is C32H35NO4. The lowest BCUT2D eigenvalue weighted by molar-refractivity contribution is -0.137. The Morgan fingerprint density at radius 2 is 1.70 bits per heavy atom. The average Bonchev–Trinajstić information content (AvgIpc) is 3.23. The molecule has 0 unspecified atom stereocenters. The summed E-state index contributed by atoms with van der Waals surface area (Å²) in [4.78, 5) is 24.8. The number of aryl methyl sites for hydroxylation is 2. The van der Waals surface area contributed by atoms with Gasteiger partial charge in [0.1, 0.15) is 12.4 Å². The molecule has 0 spiro atoms. The fourth-order valence-electron chi connectivity index (χ4n) is 4.78. The van der Waals surface area contributed by atoms with Crippen LogP contribution < -0.4 is 4.74 Å². The molecule has 0 fully saturated rings. The van der Waals surface area contributed by atoms with Gasteiger partial charge in [0.25, 0.3) is 5.91 Å². The quantitative estimate of drug-likeness (QED) is 0.253. The van der Waals surface area contributed by atoms with Crippen molar-refractivity contribution < 1.29 is 19.4 Å². The van der Waals surface area contributed by atoms with E-state index < -0.39 is 5.97 Å². The van der Waals surface area contributed by atoms with E-state index in [0.717, 1.165) is 45.3 Å². The third-order valence-electron chi connectivity index (χ3n) is 6.78. The van der Waals surface area contributed by atoms with Crippen molar-refractivity contribution in [1.29, 1.82) is 0 Å². The van der Waals surface area contributed by atoms with Crippen LogP contribution >= 0.6 is 0 Å². The summed E-state index contributed by atoms with van der Waals surface area (Å²) in [7, 11) is 0. The van der Waals surface area contributed by atoms with Crippen LogP contribution in [0.4, 0.5) is 0 Å². The number of rotatable bonds is 10. The minimum Gasteiger partial charge on any atom is -0.489 e. The first kappa shape index (κ1) is 26.2. The second-order valence-corrected chi connectivity index (χ2v) is 10.2. The molecule has 0 radical (unpaired) electrons. The Balaban J connectivity index is 1.58. The first-order chi connectivity index (χ1) is 17.7. The molecule has 0 atom stereocenters. The van der Waals surface area contributed by atoms with Crippen LogP contribution in [-0.4, -0.2) is 21.6 Å². The van der Waals surface area contributed by atoms with Gasteiger partial charge in [-0.2, -0.15) is 0 Å². The molecule has 4 rings (SSSR count). The molecule has 192 valence electrons. The molecule has 0 saturated carbocycles. The van der Waals surface area contributed by atoms with Crippen molar-refractivity contribution in [2.24, 2.45) is 5.92 Å². The lowest BCUT2D eigenvalue weighted by Crippen LogP contribution is -2.14. The summed E-state index contributed by atoms with van der Waals surface area (Å²) in [5, 5.41) is 10.0. The summed E-state index contributed by atoms with van der Waals surface area (Å²) < 4.78 is 7.76. The van der Waals surface area contributed by atoms with E-state index in [4.69, 9.17) is 9.84 Å². The van der Waals surface area contributed by atoms with Crippen LogP contribution in [0.1, 0.15) is 64.9 Å². The van der Waals surface area contributed by atoms with Crippen molar-refractivity contribution in [3.8, 4) is 5.75 Å². The lowest BCUT2D eigenvalue weighted by Gasteiger charge is -2.14. The van der Waals surface area contributed by atoms with Crippen molar-refractivity contribution in [3.05, 3.63) is 100 Å². The van der Waals surface area contributed by atoms with Crippen LogP contribution in [0.25, 0.3) is 10.9 Å². The van der Waals surface area contributed by atoms with E-state index in [1.54, 1.807) is 4.57 Å². The van der Waals surface area contributed by atoms with Gasteiger partial charge in [0.05, 0.1) is 5.52 Å². The van der Waals surface area contributed by atoms with E-state index in [0.29, 0.717) is 30.9 Å². The number of carboxylic acids is 1. The zero-order chi connectivity index (χ0) is 26.5. The van der Waals surface area contributed by atoms with E-state index in [2.05, 4.69) is 32.0 Å². The normalized spacial score (nSPS) is 11.3. The second kappa shape index (κ2) is 11.5. The number of para-hydroxylation sites is 1. The highest BCUT2D eigenvalue weighted by Crippen LogP contribution is 2.26. The predicted molar refractivity (Wildman–Crippen MR) is 147 cm³/mol. The topological polar surface area (TPSA) is 68.5 Å². The Morgan fingerprint density at radius 3 is 2.41 bits per heavy atom. The minimum atomic E-state index is -0.809. The zero-order valence-electron chi connectivity index (χ0n) is 22.1. The number of aliphatic carboxylic acids is 1. The molecule has 3 aromatic carbocycles. The molecule has 1 aromatic heterocycles. The molecule has 0 saturated heterocycles. The number of ether oxygens (including phenoxy) is 1. The largest absolute Gasteiger partial charge is 0.489 e. The van der Waals surface area contributed by atoms with Crippen LogP contribution in [-0.2, 0) is 24.2 Å². The van der Waals surface area contributed by atoms with Gasteiger partial charge in [-0.1, -0.05) is 50.2 Å². The molecule has 37 heavy (non-hydrogen) atoms. The number of aromatic nitrogens is 1. The Morgan fingerprint density at radius 1 is 0.973 bits per heavy atom. The van der Waals surface area contributed by atoms with Gasteiger partial charge in [0.15, 0.2) is 0 Å². The molecule has 0 bridgehead atoms. The van der Waals surface area contributed by atoms with E-state index in [1.165, 1.54) is 5.56 Å². The van der Waals surface area contributed by atoms with Gasteiger partial charge in [-0.25, -0.2) is 0 Å². The molecule has 0 aliphatic heterocycles. The molecule has 0 amide bonds. The Kier molecular flexibility index (Phi) is 8.12. The molecule has 4 aromatic rings. The Bertz CT molecular complexity index is 1410. The monoisotopic (exact) mass is 497 g/mol. The number of carbonyl (C=O) groups is 2. The van der Waals surface area contributed by atoms with Crippen LogP contribution in [0.5, 0.6) is 5.75 Å². The first-order valence-corrected chi connectivity index (χ1v) is 12.9. The maximum Gasteiger partial charge on any atom is 0.303 e. The maximum absolute atomic E-state index is 13.8. The van der Waals surface area contributed by atoms with Gasteiger partial charge in [0.2, 0.25) is 0 Å². The number of hydrogen-bond acceptors (Lipinski definition) is 3. The predicted octanol–water partition coefficient (Wildman–Crippen LogP) is 7.13. The van der Waals surface area contributed by atoms with Crippen molar-refractivity contribution in [2.45, 2.75) is 60.0 Å². The molecule has 1 N–H and O–H groups in total. The summed E-state index contributed by atoms with van der Waals surface area (Å²) >= 11 is 0. The van der Waals surface area contributed by atoms with Crippen molar-refractivity contribution >= 4 is 22.8 Å². The van der Waals surface area contributed by atoms with Gasteiger partial charge in [0, 0.05) is 23.6 Å². The SMILES string of the molecule is Cc1cc(COc2ccc(CC(C)C)cc2)cc(C(=O)n2cc(CCCC(=O)O)c3ccccc32)c1C. The standard InChI is InChI=1S/C32H35NO4/c1-21(2)16-24-12-14-27(15-13-24)37-20-25-17-22(3)23(4)29(18-25)32(36)33-19-26(8-7-11-31(34)35)28-9-5-6-10-30(28)33/h5-6,9-10,12-15,17-19,21H,7-8,11,16,20H2,1-4H3,(H,34,35). The molecule has 5 heteroatoms. The second-order valence-electron chi connectivity index (χ2n) is 10.2. The highest BCUT2D eigenvalue weighted by molar-refractivity contribution is 6.04. The van der Waals surface area contributed by atoms with Crippen molar-refractivity contribution in [2.75, 3.05) is 0 Å². The van der Waals surface area contributed by atoms with Crippen LogP contribution in [0.15, 0.2) is 66.9 Å². The van der Waals surface area contributed by atoms with Gasteiger partial charge in [-0.15, -0.1) is 0 Å². The van der Waals surface area contributed by atoms with Crippen molar-refractivity contribution in [3.63, 3.8) is 0 Å². The summed E-state index contributed by atoms with van der Waals surface area (Å²) in [6, 6.07) is 20.0. The molecule has 1 heterocycles. The van der Waals surface area contributed by atoms with Gasteiger partial charge in [-0.05, 0) is 91.1 Å². The highest BCUT2D eigenvalue weighted by atomic mass is 16.5. The minimum absolute atomic E-state index is 0.0961. The molecular weight excluding hydrogens is 462 g/mol. The van der Waals surface area contributed by atoms with Gasteiger partial charge >= 0.3 is 5.97 Å². The van der Waals surface area contributed by atoms with Crippen LogP contribution in [0, 0.1) is 19.8 Å². The summed E-state index contributed by atoms with van der Waals surface area (Å²) in [5.41, 5.74) is 6.67. The zero-order valence-corrected chi connectivity index (χ0v) is 22.1. The summed E-state index contributed by atoms with van der Waals surface area (Å²) in [5.74, 6) is 0.509.